The lowest BCUT2D eigenvalue weighted by Gasteiger charge is -2.09. The summed E-state index contributed by atoms with van der Waals surface area (Å²) in [5.41, 5.74) is 7.09. The van der Waals surface area contributed by atoms with Crippen molar-refractivity contribution in [3.63, 3.8) is 0 Å². The molecule has 1 aromatic heterocycles. The quantitative estimate of drug-likeness (QED) is 0.630. The number of benzene rings is 1. The van der Waals surface area contributed by atoms with Gasteiger partial charge in [-0.25, -0.2) is 13.4 Å². The van der Waals surface area contributed by atoms with Crippen molar-refractivity contribution in [3.8, 4) is 0 Å². The van der Waals surface area contributed by atoms with Gasteiger partial charge in [-0.15, -0.1) is 11.8 Å². The summed E-state index contributed by atoms with van der Waals surface area (Å²) < 4.78 is 26.5. The molecule has 0 saturated heterocycles. The molecular weight excluding hydrogens is 306 g/mol. The zero-order valence-corrected chi connectivity index (χ0v) is 13.2. The van der Waals surface area contributed by atoms with Crippen LogP contribution in [0.15, 0.2) is 47.5 Å². The molecule has 0 saturated carbocycles. The predicted octanol–water partition coefficient (Wildman–Crippen LogP) is 2.51. The van der Waals surface area contributed by atoms with E-state index >= 15 is 0 Å². The molecule has 0 bridgehead atoms. The van der Waals surface area contributed by atoms with E-state index in [0.717, 1.165) is 10.5 Å². The Morgan fingerprint density at radius 1 is 1.24 bits per heavy atom. The molecule has 0 unspecified atom stereocenters. The number of hydrogen-bond acceptors (Lipinski definition) is 5. The third kappa shape index (κ3) is 4.95. The average Bonchev–Trinajstić information content (AvgIpc) is 2.43. The summed E-state index contributed by atoms with van der Waals surface area (Å²) in [6, 6.07) is 10.9. The Morgan fingerprint density at radius 2 is 1.95 bits per heavy atom. The van der Waals surface area contributed by atoms with E-state index in [1.54, 1.807) is 24.4 Å². The predicted molar refractivity (Wildman–Crippen MR) is 88.0 cm³/mol. The first-order valence-corrected chi connectivity index (χ1v) is 9.00. The maximum absolute atomic E-state index is 12.0. The van der Waals surface area contributed by atoms with Crippen LogP contribution in [0.4, 0.5) is 11.5 Å². The van der Waals surface area contributed by atoms with Gasteiger partial charge in [0, 0.05) is 22.5 Å². The molecule has 0 aliphatic rings. The molecule has 2 aromatic rings. The Labute approximate surface area is 129 Å². The molecule has 3 N–H and O–H groups in total. The molecule has 21 heavy (non-hydrogen) atoms. The number of aromatic nitrogens is 1. The van der Waals surface area contributed by atoms with E-state index in [-0.39, 0.29) is 5.75 Å². The van der Waals surface area contributed by atoms with Crippen molar-refractivity contribution >= 4 is 33.3 Å². The van der Waals surface area contributed by atoms with Gasteiger partial charge in [-0.05, 0) is 42.8 Å². The first-order valence-electron chi connectivity index (χ1n) is 6.37. The molecule has 2 rings (SSSR count). The van der Waals surface area contributed by atoms with Crippen molar-refractivity contribution in [2.45, 2.75) is 11.8 Å². The Kier molecular flexibility index (Phi) is 5.08. The van der Waals surface area contributed by atoms with Gasteiger partial charge in [0.05, 0.1) is 5.75 Å². The van der Waals surface area contributed by atoms with E-state index in [4.69, 9.17) is 5.73 Å². The van der Waals surface area contributed by atoms with Crippen LogP contribution in [0.5, 0.6) is 0 Å². The van der Waals surface area contributed by atoms with Gasteiger partial charge in [0.1, 0.15) is 5.82 Å². The van der Waals surface area contributed by atoms with Crippen molar-refractivity contribution in [2.24, 2.45) is 0 Å². The van der Waals surface area contributed by atoms with E-state index in [1.807, 2.05) is 25.1 Å². The van der Waals surface area contributed by atoms with E-state index in [1.165, 1.54) is 11.8 Å². The van der Waals surface area contributed by atoms with E-state index in [2.05, 4.69) is 9.71 Å². The van der Waals surface area contributed by atoms with Crippen LogP contribution in [0, 0.1) is 6.92 Å². The minimum atomic E-state index is -3.39. The number of nitrogens with two attached hydrogens (primary N) is 1. The molecule has 1 heterocycles. The van der Waals surface area contributed by atoms with Crippen LogP contribution in [-0.2, 0) is 10.0 Å². The number of hydrogen-bond donors (Lipinski definition) is 2. The van der Waals surface area contributed by atoms with Gasteiger partial charge >= 0.3 is 0 Å². The Bertz CT molecular complexity index is 700. The number of aryl methyl sites for hydroxylation is 1. The SMILES string of the molecule is Cc1cccnc1NS(=O)(=O)CCSc1ccc(N)cc1. The van der Waals surface area contributed by atoms with Crippen molar-refractivity contribution in [2.75, 3.05) is 22.0 Å². The van der Waals surface area contributed by atoms with Crippen LogP contribution in [-0.4, -0.2) is 24.9 Å². The Hall–Kier alpha value is -1.73. The maximum atomic E-state index is 12.0. The fraction of sp³-hybridized carbons (Fsp3) is 0.214. The zero-order valence-electron chi connectivity index (χ0n) is 11.6. The highest BCUT2D eigenvalue weighted by Crippen LogP contribution is 2.20. The van der Waals surface area contributed by atoms with Crippen molar-refractivity contribution < 1.29 is 8.42 Å². The van der Waals surface area contributed by atoms with Gasteiger partial charge in [-0.3, -0.25) is 4.72 Å². The Balaban J connectivity index is 1.90. The smallest absolute Gasteiger partial charge is 0.234 e. The van der Waals surface area contributed by atoms with Crippen LogP contribution in [0.25, 0.3) is 0 Å². The molecule has 0 fully saturated rings. The van der Waals surface area contributed by atoms with Gasteiger partial charge in [0.15, 0.2) is 0 Å². The molecule has 0 aliphatic carbocycles. The fourth-order valence-electron chi connectivity index (χ4n) is 1.62. The third-order valence-corrected chi connectivity index (χ3v) is 5.28. The van der Waals surface area contributed by atoms with Crippen molar-refractivity contribution in [1.29, 1.82) is 0 Å². The number of thioether (sulfide) groups is 1. The highest BCUT2D eigenvalue weighted by Gasteiger charge is 2.12. The summed E-state index contributed by atoms with van der Waals surface area (Å²) in [5.74, 6) is 0.874. The first kappa shape index (κ1) is 15.7. The second-order valence-electron chi connectivity index (χ2n) is 4.51. The summed E-state index contributed by atoms with van der Waals surface area (Å²) in [6.07, 6.45) is 1.56. The second kappa shape index (κ2) is 6.82. The molecule has 0 amide bonds. The van der Waals surface area contributed by atoms with Crippen LogP contribution in [0.3, 0.4) is 0 Å². The minimum absolute atomic E-state index is 0.0259. The van der Waals surface area contributed by atoms with E-state index < -0.39 is 10.0 Å². The maximum Gasteiger partial charge on any atom is 0.234 e. The molecule has 112 valence electrons. The van der Waals surface area contributed by atoms with Gasteiger partial charge in [0.2, 0.25) is 10.0 Å². The summed E-state index contributed by atoms with van der Waals surface area (Å²) >= 11 is 1.48. The number of nitrogens with zero attached hydrogens (tertiary/aromatic N) is 1. The van der Waals surface area contributed by atoms with Crippen LogP contribution in [0.1, 0.15) is 5.56 Å². The molecule has 0 atom stereocenters. The normalized spacial score (nSPS) is 11.3. The Morgan fingerprint density at radius 3 is 2.62 bits per heavy atom. The lowest BCUT2D eigenvalue weighted by Crippen LogP contribution is -2.19. The zero-order chi connectivity index (χ0) is 15.3. The molecule has 0 spiro atoms. The number of rotatable bonds is 6. The van der Waals surface area contributed by atoms with Crippen LogP contribution in [0.2, 0.25) is 0 Å². The molecule has 7 heteroatoms. The monoisotopic (exact) mass is 323 g/mol. The van der Waals surface area contributed by atoms with E-state index in [9.17, 15) is 8.42 Å². The molecule has 0 aliphatic heterocycles. The summed E-state index contributed by atoms with van der Waals surface area (Å²) in [4.78, 5) is 5.02. The lowest BCUT2D eigenvalue weighted by atomic mass is 10.3. The highest BCUT2D eigenvalue weighted by molar-refractivity contribution is 8.01. The van der Waals surface area contributed by atoms with E-state index in [0.29, 0.717) is 17.3 Å². The number of sulfonamides is 1. The number of anilines is 2. The van der Waals surface area contributed by atoms with Gasteiger partial charge in [-0.1, -0.05) is 6.07 Å². The average molecular weight is 323 g/mol. The molecule has 0 radical (unpaired) electrons. The highest BCUT2D eigenvalue weighted by atomic mass is 32.2. The summed E-state index contributed by atoms with van der Waals surface area (Å²) in [7, 11) is -3.39. The molecule has 5 nitrogen and oxygen atoms in total. The first-order chi connectivity index (χ1) is 9.96. The van der Waals surface area contributed by atoms with Crippen molar-refractivity contribution in [1.82, 2.24) is 4.98 Å². The lowest BCUT2D eigenvalue weighted by molar-refractivity contribution is 0.602. The molecule has 1 aromatic carbocycles. The fourth-order valence-corrected chi connectivity index (χ4v) is 4.01. The van der Waals surface area contributed by atoms with Gasteiger partial charge in [-0.2, -0.15) is 0 Å². The summed E-state index contributed by atoms with van der Waals surface area (Å²) in [6.45, 7) is 1.81. The second-order valence-corrected chi connectivity index (χ2v) is 7.52. The number of pyridine rings is 1. The third-order valence-electron chi connectivity index (χ3n) is 2.76. The van der Waals surface area contributed by atoms with Crippen LogP contribution >= 0.6 is 11.8 Å². The largest absolute Gasteiger partial charge is 0.399 e. The van der Waals surface area contributed by atoms with Gasteiger partial charge in [0.25, 0.3) is 0 Å². The number of nitrogen functional groups attached to an aromatic ring is 1. The molecular formula is C14H17N3O2S2. The van der Waals surface area contributed by atoms with Crippen LogP contribution < -0.4 is 10.5 Å². The standard InChI is InChI=1S/C14H17N3O2S2/c1-11-3-2-8-16-14(11)17-21(18,19)10-9-20-13-6-4-12(15)5-7-13/h2-8H,9-10,15H2,1H3,(H,16,17). The number of nitrogens with one attached hydrogen (secondary N) is 1. The van der Waals surface area contributed by atoms with Crippen molar-refractivity contribution in [3.05, 3.63) is 48.2 Å². The summed E-state index contributed by atoms with van der Waals surface area (Å²) in [5, 5.41) is 0. The minimum Gasteiger partial charge on any atom is -0.399 e. The topological polar surface area (TPSA) is 85.1 Å². The van der Waals surface area contributed by atoms with Gasteiger partial charge < -0.3 is 5.73 Å².